The van der Waals surface area contributed by atoms with E-state index < -0.39 is 0 Å². The molecule has 0 spiro atoms. The molecular formula is C14H16ClN3O. The fraction of sp³-hybridized carbons (Fsp3) is 0.429. The molecule has 19 heavy (non-hydrogen) atoms. The first kappa shape index (κ1) is 12.6. The van der Waals surface area contributed by atoms with Crippen molar-refractivity contribution in [1.82, 2.24) is 9.97 Å². The predicted molar refractivity (Wildman–Crippen MR) is 77.1 cm³/mol. The molecule has 5 heteroatoms. The maximum atomic E-state index is 6.35. The van der Waals surface area contributed by atoms with Crippen molar-refractivity contribution in [1.29, 1.82) is 0 Å². The molecule has 1 aliphatic heterocycles. The highest BCUT2D eigenvalue weighted by molar-refractivity contribution is 6.35. The lowest BCUT2D eigenvalue weighted by Crippen LogP contribution is -2.36. The van der Waals surface area contributed by atoms with Gasteiger partial charge in [0.1, 0.15) is 5.52 Å². The van der Waals surface area contributed by atoms with E-state index in [0.29, 0.717) is 5.02 Å². The summed E-state index contributed by atoms with van der Waals surface area (Å²) >= 11 is 6.35. The first-order chi connectivity index (χ1) is 9.15. The highest BCUT2D eigenvalue weighted by Crippen LogP contribution is 2.28. The third-order valence-electron chi connectivity index (χ3n) is 3.50. The quantitative estimate of drug-likeness (QED) is 0.803. The molecule has 4 nitrogen and oxygen atoms in total. The summed E-state index contributed by atoms with van der Waals surface area (Å²) in [7, 11) is 0. The molecule has 0 bridgehead atoms. The molecule has 0 radical (unpaired) electrons. The predicted octanol–water partition coefficient (Wildman–Crippen LogP) is 2.74. The second-order valence-electron chi connectivity index (χ2n) is 4.79. The summed E-state index contributed by atoms with van der Waals surface area (Å²) < 4.78 is 5.37. The van der Waals surface area contributed by atoms with E-state index >= 15 is 0 Å². The number of hydrogen-bond acceptors (Lipinski definition) is 4. The summed E-state index contributed by atoms with van der Waals surface area (Å²) in [6.45, 7) is 7.22. The van der Waals surface area contributed by atoms with E-state index in [1.54, 1.807) is 0 Å². The van der Waals surface area contributed by atoms with Crippen LogP contribution in [0.25, 0.3) is 11.0 Å². The fourth-order valence-corrected chi connectivity index (χ4v) is 2.53. The third-order valence-corrected chi connectivity index (χ3v) is 3.78. The zero-order chi connectivity index (χ0) is 13.4. The number of nitrogens with zero attached hydrogens (tertiary/aromatic N) is 3. The van der Waals surface area contributed by atoms with Crippen molar-refractivity contribution in [2.75, 3.05) is 31.2 Å². The van der Waals surface area contributed by atoms with Crippen LogP contribution in [-0.4, -0.2) is 36.3 Å². The number of ether oxygens (including phenoxy) is 1. The van der Waals surface area contributed by atoms with E-state index in [2.05, 4.69) is 20.9 Å². The highest BCUT2D eigenvalue weighted by atomic mass is 35.5. The molecule has 2 aromatic rings. The van der Waals surface area contributed by atoms with Crippen molar-refractivity contribution in [2.45, 2.75) is 13.8 Å². The van der Waals surface area contributed by atoms with Gasteiger partial charge in [-0.1, -0.05) is 11.6 Å². The summed E-state index contributed by atoms with van der Waals surface area (Å²) in [6.07, 6.45) is 0. The van der Waals surface area contributed by atoms with Crippen LogP contribution < -0.4 is 4.90 Å². The minimum Gasteiger partial charge on any atom is -0.378 e. The lowest BCUT2D eigenvalue weighted by molar-refractivity contribution is 0.122. The Kier molecular flexibility index (Phi) is 3.29. The van der Waals surface area contributed by atoms with Crippen molar-refractivity contribution >= 4 is 28.3 Å². The van der Waals surface area contributed by atoms with E-state index in [0.717, 1.165) is 54.4 Å². The smallest absolute Gasteiger partial charge is 0.108 e. The van der Waals surface area contributed by atoms with Gasteiger partial charge in [0, 0.05) is 18.8 Å². The number of anilines is 1. The van der Waals surface area contributed by atoms with E-state index in [9.17, 15) is 0 Å². The van der Waals surface area contributed by atoms with Gasteiger partial charge in [0.05, 0.1) is 35.1 Å². The van der Waals surface area contributed by atoms with Crippen LogP contribution in [0.1, 0.15) is 11.4 Å². The second-order valence-corrected chi connectivity index (χ2v) is 5.20. The van der Waals surface area contributed by atoms with Crippen LogP contribution in [0.4, 0.5) is 5.69 Å². The Morgan fingerprint density at radius 3 is 2.53 bits per heavy atom. The van der Waals surface area contributed by atoms with Crippen LogP contribution in [0.2, 0.25) is 5.02 Å². The summed E-state index contributed by atoms with van der Waals surface area (Å²) in [4.78, 5) is 11.4. The van der Waals surface area contributed by atoms with Gasteiger partial charge in [-0.05, 0) is 26.0 Å². The van der Waals surface area contributed by atoms with Gasteiger partial charge in [-0.25, -0.2) is 9.97 Å². The number of morpholine rings is 1. The number of hydrogen-bond donors (Lipinski definition) is 0. The number of benzene rings is 1. The standard InChI is InChI=1S/C14H16ClN3O/c1-9-10(2)17-14-12(15)7-11(8-13(14)16-9)18-3-5-19-6-4-18/h7-8H,3-6H2,1-2H3. The number of aromatic nitrogens is 2. The Labute approximate surface area is 117 Å². The molecule has 3 rings (SSSR count). The Balaban J connectivity index is 2.10. The monoisotopic (exact) mass is 277 g/mol. The molecule has 0 saturated carbocycles. The van der Waals surface area contributed by atoms with Gasteiger partial charge in [-0.2, -0.15) is 0 Å². The normalized spacial score (nSPS) is 16.1. The summed E-state index contributed by atoms with van der Waals surface area (Å²) in [6, 6.07) is 4.03. The largest absolute Gasteiger partial charge is 0.378 e. The van der Waals surface area contributed by atoms with Crippen LogP contribution in [0, 0.1) is 13.8 Å². The minimum absolute atomic E-state index is 0.662. The maximum absolute atomic E-state index is 6.35. The first-order valence-corrected chi connectivity index (χ1v) is 6.80. The van der Waals surface area contributed by atoms with E-state index in [1.165, 1.54) is 0 Å². The lowest BCUT2D eigenvalue weighted by Gasteiger charge is -2.29. The topological polar surface area (TPSA) is 38.2 Å². The van der Waals surface area contributed by atoms with Crippen molar-refractivity contribution in [3.63, 3.8) is 0 Å². The van der Waals surface area contributed by atoms with E-state index in [-0.39, 0.29) is 0 Å². The molecule has 100 valence electrons. The van der Waals surface area contributed by atoms with Gasteiger partial charge in [0.25, 0.3) is 0 Å². The van der Waals surface area contributed by atoms with Crippen LogP contribution in [0.5, 0.6) is 0 Å². The zero-order valence-electron chi connectivity index (χ0n) is 11.1. The lowest BCUT2D eigenvalue weighted by atomic mass is 10.2. The SMILES string of the molecule is Cc1nc2cc(N3CCOCC3)cc(Cl)c2nc1C. The van der Waals surface area contributed by atoms with Crippen molar-refractivity contribution in [2.24, 2.45) is 0 Å². The molecule has 1 saturated heterocycles. The Bertz CT molecular complexity index is 624. The van der Waals surface area contributed by atoms with Gasteiger partial charge in [-0.3, -0.25) is 0 Å². The molecule has 0 atom stereocenters. The summed E-state index contributed by atoms with van der Waals surface area (Å²) in [5, 5.41) is 0.662. The Morgan fingerprint density at radius 2 is 1.79 bits per heavy atom. The highest BCUT2D eigenvalue weighted by Gasteiger charge is 2.14. The summed E-state index contributed by atoms with van der Waals surface area (Å²) in [5.41, 5.74) is 4.61. The zero-order valence-corrected chi connectivity index (χ0v) is 11.9. The van der Waals surface area contributed by atoms with E-state index in [1.807, 2.05) is 19.9 Å². The fourth-order valence-electron chi connectivity index (χ4n) is 2.28. The van der Waals surface area contributed by atoms with Crippen LogP contribution in [0.15, 0.2) is 12.1 Å². The number of rotatable bonds is 1. The molecular weight excluding hydrogens is 262 g/mol. The number of aryl methyl sites for hydroxylation is 2. The Morgan fingerprint density at radius 1 is 1.11 bits per heavy atom. The molecule has 1 fully saturated rings. The van der Waals surface area contributed by atoms with Crippen molar-refractivity contribution in [3.8, 4) is 0 Å². The van der Waals surface area contributed by atoms with Gasteiger partial charge in [0.15, 0.2) is 0 Å². The van der Waals surface area contributed by atoms with Crippen LogP contribution in [0.3, 0.4) is 0 Å². The maximum Gasteiger partial charge on any atom is 0.108 e. The van der Waals surface area contributed by atoms with Gasteiger partial charge in [-0.15, -0.1) is 0 Å². The van der Waals surface area contributed by atoms with Crippen molar-refractivity contribution < 1.29 is 4.74 Å². The molecule has 0 N–H and O–H groups in total. The molecule has 0 unspecified atom stereocenters. The van der Waals surface area contributed by atoms with Gasteiger partial charge in [0.2, 0.25) is 0 Å². The molecule has 1 aromatic heterocycles. The van der Waals surface area contributed by atoms with Gasteiger partial charge < -0.3 is 9.64 Å². The van der Waals surface area contributed by atoms with Crippen molar-refractivity contribution in [3.05, 3.63) is 28.5 Å². The molecule has 0 aliphatic carbocycles. The van der Waals surface area contributed by atoms with Crippen LogP contribution in [-0.2, 0) is 4.74 Å². The molecule has 1 aromatic carbocycles. The summed E-state index contributed by atoms with van der Waals surface area (Å²) in [5.74, 6) is 0. The third kappa shape index (κ3) is 2.38. The van der Waals surface area contributed by atoms with Gasteiger partial charge >= 0.3 is 0 Å². The molecule has 0 amide bonds. The average Bonchev–Trinajstić information content (AvgIpc) is 2.42. The van der Waals surface area contributed by atoms with Crippen LogP contribution >= 0.6 is 11.6 Å². The minimum atomic E-state index is 0.662. The molecule has 2 heterocycles. The van der Waals surface area contributed by atoms with E-state index in [4.69, 9.17) is 16.3 Å². The Hall–Kier alpha value is -1.39. The second kappa shape index (κ2) is 4.94. The number of halogens is 1. The molecule has 1 aliphatic rings. The number of fused-ring (bicyclic) bond motifs is 1. The average molecular weight is 278 g/mol. The first-order valence-electron chi connectivity index (χ1n) is 6.42.